The van der Waals surface area contributed by atoms with Crippen LogP contribution in [0.15, 0.2) is 0 Å². The molecule has 1 saturated heterocycles. The Bertz CT molecular complexity index is 157. The van der Waals surface area contributed by atoms with Gasteiger partial charge < -0.3 is 10.1 Å². The van der Waals surface area contributed by atoms with Gasteiger partial charge in [-0.05, 0) is 39.0 Å². The molecule has 70 valence electrons. The second-order valence-electron chi connectivity index (χ2n) is 4.70. The van der Waals surface area contributed by atoms with Crippen molar-refractivity contribution in [3.05, 3.63) is 0 Å². The number of hydrogen-bond acceptors (Lipinski definition) is 2. The fourth-order valence-corrected chi connectivity index (χ4v) is 2.10. The highest BCUT2D eigenvalue weighted by Crippen LogP contribution is 2.39. The van der Waals surface area contributed by atoms with E-state index in [0.717, 1.165) is 19.1 Å². The maximum Gasteiger partial charge on any atom is 0.0620 e. The van der Waals surface area contributed by atoms with Crippen LogP contribution in [0.4, 0.5) is 0 Å². The zero-order valence-corrected chi connectivity index (χ0v) is 8.10. The molecule has 2 fully saturated rings. The second-order valence-corrected chi connectivity index (χ2v) is 4.70. The van der Waals surface area contributed by atoms with Crippen molar-refractivity contribution in [2.45, 2.75) is 44.7 Å². The molecule has 0 aromatic heterocycles. The van der Waals surface area contributed by atoms with Crippen LogP contribution in [-0.2, 0) is 4.74 Å². The summed E-state index contributed by atoms with van der Waals surface area (Å²) in [5, 5.41) is 3.69. The van der Waals surface area contributed by atoms with Crippen LogP contribution >= 0.6 is 0 Å². The third-order valence-corrected chi connectivity index (χ3v) is 3.10. The number of ether oxygens (including phenoxy) is 1. The second kappa shape index (κ2) is 3.00. The van der Waals surface area contributed by atoms with Gasteiger partial charge >= 0.3 is 0 Å². The third-order valence-electron chi connectivity index (χ3n) is 3.10. The molecule has 1 unspecified atom stereocenters. The monoisotopic (exact) mass is 169 g/mol. The minimum Gasteiger partial charge on any atom is -0.380 e. The Labute approximate surface area is 74.7 Å². The maximum absolute atomic E-state index is 5.34. The summed E-state index contributed by atoms with van der Waals surface area (Å²) in [6.45, 7) is 6.50. The highest BCUT2D eigenvalue weighted by Gasteiger charge is 2.39. The van der Waals surface area contributed by atoms with Gasteiger partial charge in [0.1, 0.15) is 0 Å². The first kappa shape index (κ1) is 8.52. The Morgan fingerprint density at radius 3 is 2.50 bits per heavy atom. The lowest BCUT2D eigenvalue weighted by molar-refractivity contribution is 0.181. The van der Waals surface area contributed by atoms with Gasteiger partial charge in [0.05, 0.1) is 6.61 Å². The molecule has 0 aromatic rings. The Balaban J connectivity index is 1.83. The molecule has 0 aromatic carbocycles. The summed E-state index contributed by atoms with van der Waals surface area (Å²) in [6.07, 6.45) is 4.01. The van der Waals surface area contributed by atoms with E-state index in [0.29, 0.717) is 11.6 Å². The molecule has 2 rings (SSSR count). The zero-order valence-electron chi connectivity index (χ0n) is 8.10. The Kier molecular flexibility index (Phi) is 2.13. The van der Waals surface area contributed by atoms with Crippen LogP contribution < -0.4 is 5.32 Å². The Morgan fingerprint density at radius 1 is 1.25 bits per heavy atom. The Hall–Kier alpha value is -0.0800. The number of hydrogen-bond donors (Lipinski definition) is 1. The highest BCUT2D eigenvalue weighted by atomic mass is 16.5. The fraction of sp³-hybridized carbons (Fsp3) is 1.00. The molecule has 2 nitrogen and oxygen atoms in total. The van der Waals surface area contributed by atoms with E-state index in [4.69, 9.17) is 4.74 Å². The first-order valence-corrected chi connectivity index (χ1v) is 5.04. The van der Waals surface area contributed by atoms with E-state index in [1.165, 1.54) is 19.3 Å². The molecule has 1 aliphatic heterocycles. The molecular weight excluding hydrogens is 150 g/mol. The van der Waals surface area contributed by atoms with Crippen LogP contribution in [0.1, 0.15) is 33.1 Å². The maximum atomic E-state index is 5.34. The van der Waals surface area contributed by atoms with Crippen LogP contribution in [0.25, 0.3) is 0 Å². The molecule has 1 aliphatic carbocycles. The van der Waals surface area contributed by atoms with Crippen molar-refractivity contribution >= 4 is 0 Å². The first-order chi connectivity index (χ1) is 5.68. The first-order valence-electron chi connectivity index (χ1n) is 5.04. The lowest BCUT2D eigenvalue weighted by Gasteiger charge is -2.29. The van der Waals surface area contributed by atoms with Crippen LogP contribution in [0.2, 0.25) is 0 Å². The van der Waals surface area contributed by atoms with Gasteiger partial charge in [-0.15, -0.1) is 0 Å². The topological polar surface area (TPSA) is 21.3 Å². The molecule has 1 heterocycles. The molecule has 12 heavy (non-hydrogen) atoms. The molecule has 2 heteroatoms. The third kappa shape index (κ3) is 1.80. The summed E-state index contributed by atoms with van der Waals surface area (Å²) < 4.78 is 5.34. The van der Waals surface area contributed by atoms with E-state index in [-0.39, 0.29) is 0 Å². The standard InChI is InChI=1S/C10H19NO/c1-10(2,8-3-4-8)11-9-5-6-12-7-9/h8-9,11H,3-7H2,1-2H3. The summed E-state index contributed by atoms with van der Waals surface area (Å²) in [6, 6.07) is 0.612. The fourth-order valence-electron chi connectivity index (χ4n) is 2.10. The summed E-state index contributed by atoms with van der Waals surface area (Å²) in [7, 11) is 0. The van der Waals surface area contributed by atoms with Crippen molar-refractivity contribution in [3.8, 4) is 0 Å². The lowest BCUT2D eigenvalue weighted by atomic mass is 9.97. The van der Waals surface area contributed by atoms with Gasteiger partial charge in [-0.3, -0.25) is 0 Å². The van der Waals surface area contributed by atoms with Gasteiger partial charge in [-0.25, -0.2) is 0 Å². The van der Waals surface area contributed by atoms with E-state index in [2.05, 4.69) is 19.2 Å². The summed E-state index contributed by atoms with van der Waals surface area (Å²) >= 11 is 0. The average molecular weight is 169 g/mol. The predicted octanol–water partition coefficient (Wildman–Crippen LogP) is 1.55. The van der Waals surface area contributed by atoms with Crippen molar-refractivity contribution in [1.29, 1.82) is 0 Å². The molecule has 0 amide bonds. The van der Waals surface area contributed by atoms with Crippen molar-refractivity contribution in [2.24, 2.45) is 5.92 Å². The molecule has 1 atom stereocenters. The van der Waals surface area contributed by atoms with Gasteiger partial charge in [0, 0.05) is 18.2 Å². The highest BCUT2D eigenvalue weighted by molar-refractivity contribution is 4.96. The van der Waals surface area contributed by atoms with Gasteiger partial charge in [0.2, 0.25) is 0 Å². The molecular formula is C10H19NO. The SMILES string of the molecule is CC(C)(NC1CCOC1)C1CC1. The molecule has 0 radical (unpaired) electrons. The van der Waals surface area contributed by atoms with Crippen LogP contribution in [-0.4, -0.2) is 24.8 Å². The van der Waals surface area contributed by atoms with E-state index < -0.39 is 0 Å². The van der Waals surface area contributed by atoms with Crippen molar-refractivity contribution in [1.82, 2.24) is 5.32 Å². The van der Waals surface area contributed by atoms with E-state index in [1.54, 1.807) is 0 Å². The van der Waals surface area contributed by atoms with Gasteiger partial charge in [-0.2, -0.15) is 0 Å². The van der Waals surface area contributed by atoms with E-state index in [9.17, 15) is 0 Å². The van der Waals surface area contributed by atoms with E-state index in [1.807, 2.05) is 0 Å². The quantitative estimate of drug-likeness (QED) is 0.692. The molecule has 2 aliphatic rings. The van der Waals surface area contributed by atoms with Crippen molar-refractivity contribution in [2.75, 3.05) is 13.2 Å². The minimum atomic E-state index is 0.346. The molecule has 0 spiro atoms. The lowest BCUT2D eigenvalue weighted by Crippen LogP contribution is -2.47. The number of rotatable bonds is 3. The predicted molar refractivity (Wildman–Crippen MR) is 49.2 cm³/mol. The molecule has 0 bridgehead atoms. The smallest absolute Gasteiger partial charge is 0.0620 e. The van der Waals surface area contributed by atoms with E-state index >= 15 is 0 Å². The Morgan fingerprint density at radius 2 is 2.00 bits per heavy atom. The average Bonchev–Trinajstić information content (AvgIpc) is 2.74. The largest absolute Gasteiger partial charge is 0.380 e. The van der Waals surface area contributed by atoms with Crippen LogP contribution in [0, 0.1) is 5.92 Å². The summed E-state index contributed by atoms with van der Waals surface area (Å²) in [4.78, 5) is 0. The zero-order chi connectivity index (χ0) is 8.60. The van der Waals surface area contributed by atoms with Crippen molar-refractivity contribution in [3.63, 3.8) is 0 Å². The summed E-state index contributed by atoms with van der Waals surface area (Å²) in [5.74, 6) is 0.915. The minimum absolute atomic E-state index is 0.346. The molecule has 1 saturated carbocycles. The summed E-state index contributed by atoms with van der Waals surface area (Å²) in [5.41, 5.74) is 0.346. The van der Waals surface area contributed by atoms with Gasteiger partial charge in [0.25, 0.3) is 0 Å². The van der Waals surface area contributed by atoms with Gasteiger partial charge in [0.15, 0.2) is 0 Å². The van der Waals surface area contributed by atoms with Crippen LogP contribution in [0.3, 0.4) is 0 Å². The number of nitrogens with one attached hydrogen (secondary N) is 1. The van der Waals surface area contributed by atoms with Crippen LogP contribution in [0.5, 0.6) is 0 Å². The molecule has 1 N–H and O–H groups in total. The normalized spacial score (nSPS) is 31.0. The van der Waals surface area contributed by atoms with Gasteiger partial charge in [-0.1, -0.05) is 0 Å². The van der Waals surface area contributed by atoms with Crippen molar-refractivity contribution < 1.29 is 4.74 Å².